The molecule has 0 radical (unpaired) electrons. The normalized spacial score (nSPS) is 17.4. The molecule has 1 aliphatic carbocycles. The molecule has 0 amide bonds. The van der Waals surface area contributed by atoms with E-state index in [0.717, 1.165) is 25.0 Å². The van der Waals surface area contributed by atoms with Crippen molar-refractivity contribution < 1.29 is 8.78 Å². The van der Waals surface area contributed by atoms with E-state index in [9.17, 15) is 8.78 Å². The highest BCUT2D eigenvalue weighted by Gasteiger charge is 2.40. The van der Waals surface area contributed by atoms with Crippen molar-refractivity contribution in [2.24, 2.45) is 0 Å². The van der Waals surface area contributed by atoms with Gasteiger partial charge in [-0.3, -0.25) is 0 Å². The van der Waals surface area contributed by atoms with Gasteiger partial charge in [0.2, 0.25) is 0 Å². The van der Waals surface area contributed by atoms with Crippen LogP contribution < -0.4 is 10.6 Å². The van der Waals surface area contributed by atoms with Crippen LogP contribution in [0.1, 0.15) is 19.3 Å². The second kappa shape index (κ2) is 4.96. The van der Waals surface area contributed by atoms with Gasteiger partial charge in [0.05, 0.1) is 0 Å². The molecule has 3 nitrogen and oxygen atoms in total. The molecule has 5 heteroatoms. The van der Waals surface area contributed by atoms with E-state index < -0.39 is 11.6 Å². The summed E-state index contributed by atoms with van der Waals surface area (Å²) >= 11 is 0. The smallest absolute Gasteiger partial charge is 0.151 e. The minimum atomic E-state index is -0.603. The summed E-state index contributed by atoms with van der Waals surface area (Å²) in [7, 11) is 5.76. The van der Waals surface area contributed by atoms with Gasteiger partial charge in [0.15, 0.2) is 11.6 Å². The first-order valence-electron chi connectivity index (χ1n) is 6.49. The van der Waals surface area contributed by atoms with E-state index in [1.54, 1.807) is 11.9 Å². The first-order valence-corrected chi connectivity index (χ1v) is 6.49. The summed E-state index contributed by atoms with van der Waals surface area (Å²) in [5.74, 6) is -1.21. The summed E-state index contributed by atoms with van der Waals surface area (Å²) in [5, 5.41) is 0. The van der Waals surface area contributed by atoms with E-state index in [1.165, 1.54) is 6.42 Å². The summed E-state index contributed by atoms with van der Waals surface area (Å²) in [5.41, 5.74) is 5.57. The fourth-order valence-electron chi connectivity index (χ4n) is 2.80. The molecule has 106 valence electrons. The molecule has 0 aliphatic heterocycles. The molecule has 1 saturated carbocycles. The van der Waals surface area contributed by atoms with Crippen molar-refractivity contribution in [3.8, 4) is 0 Å². The van der Waals surface area contributed by atoms with Crippen LogP contribution in [0.25, 0.3) is 0 Å². The summed E-state index contributed by atoms with van der Waals surface area (Å²) in [6.45, 7) is 0.609. The zero-order chi connectivity index (χ0) is 14.2. The molecular formula is C14H21F2N3. The molecule has 0 spiro atoms. The zero-order valence-corrected chi connectivity index (χ0v) is 11.7. The van der Waals surface area contributed by atoms with Crippen LogP contribution in [0.3, 0.4) is 0 Å². The summed E-state index contributed by atoms with van der Waals surface area (Å²) < 4.78 is 27.8. The number of halogens is 2. The van der Waals surface area contributed by atoms with Crippen LogP contribution in [-0.2, 0) is 0 Å². The predicted molar refractivity (Wildman–Crippen MR) is 74.3 cm³/mol. The number of hydrogen-bond acceptors (Lipinski definition) is 3. The van der Waals surface area contributed by atoms with Crippen LogP contribution in [0.5, 0.6) is 0 Å². The van der Waals surface area contributed by atoms with Crippen LogP contribution in [0.2, 0.25) is 0 Å². The highest BCUT2D eigenvalue weighted by atomic mass is 19.1. The van der Waals surface area contributed by atoms with E-state index in [-0.39, 0.29) is 16.9 Å². The fourth-order valence-corrected chi connectivity index (χ4v) is 2.80. The molecule has 2 rings (SSSR count). The Bertz CT molecular complexity index is 447. The Hall–Kier alpha value is -1.36. The van der Waals surface area contributed by atoms with Crippen LogP contribution in [0.15, 0.2) is 12.1 Å². The Labute approximate surface area is 113 Å². The third-order valence-corrected chi connectivity index (χ3v) is 4.19. The van der Waals surface area contributed by atoms with Gasteiger partial charge in [-0.15, -0.1) is 0 Å². The summed E-state index contributed by atoms with van der Waals surface area (Å²) in [6, 6.07) is 2.33. The maximum Gasteiger partial charge on any atom is 0.151 e. The second-order valence-electron chi connectivity index (χ2n) is 5.66. The lowest BCUT2D eigenvalue weighted by molar-refractivity contribution is 0.0681. The highest BCUT2D eigenvalue weighted by molar-refractivity contribution is 5.55. The summed E-state index contributed by atoms with van der Waals surface area (Å²) in [6.07, 6.45) is 3.28. The van der Waals surface area contributed by atoms with Crippen LogP contribution in [0.4, 0.5) is 20.2 Å². The van der Waals surface area contributed by atoms with Gasteiger partial charge in [-0.2, -0.15) is 0 Å². The number of benzene rings is 1. The SMILES string of the molecule is CN(CC1(N(C)C)CCC1)c1c(F)cc(N)cc1F. The lowest BCUT2D eigenvalue weighted by Crippen LogP contribution is -2.57. The van der Waals surface area contributed by atoms with E-state index in [2.05, 4.69) is 4.90 Å². The van der Waals surface area contributed by atoms with Gasteiger partial charge in [0.25, 0.3) is 0 Å². The highest BCUT2D eigenvalue weighted by Crippen LogP contribution is 2.38. The number of hydrogen-bond donors (Lipinski definition) is 1. The van der Waals surface area contributed by atoms with Crippen LogP contribution in [0, 0.1) is 11.6 Å². The molecule has 0 unspecified atom stereocenters. The molecule has 0 aromatic heterocycles. The average Bonchev–Trinajstić information content (AvgIpc) is 2.21. The lowest BCUT2D eigenvalue weighted by atomic mass is 9.75. The molecule has 0 bridgehead atoms. The number of rotatable bonds is 4. The van der Waals surface area contributed by atoms with Crippen LogP contribution in [-0.4, -0.2) is 38.1 Å². The molecule has 0 atom stereocenters. The van der Waals surface area contributed by atoms with E-state index in [4.69, 9.17) is 5.73 Å². The Balaban J connectivity index is 2.23. The van der Waals surface area contributed by atoms with Crippen molar-refractivity contribution in [1.82, 2.24) is 4.90 Å². The largest absolute Gasteiger partial charge is 0.399 e. The molecule has 0 heterocycles. The van der Waals surface area contributed by atoms with Crippen molar-refractivity contribution in [3.05, 3.63) is 23.8 Å². The molecular weight excluding hydrogens is 248 g/mol. The molecule has 19 heavy (non-hydrogen) atoms. The van der Waals surface area contributed by atoms with Gasteiger partial charge >= 0.3 is 0 Å². The quantitative estimate of drug-likeness (QED) is 0.852. The molecule has 1 aliphatic rings. The van der Waals surface area contributed by atoms with Gasteiger partial charge in [-0.1, -0.05) is 0 Å². The Morgan fingerprint density at radius 3 is 2.05 bits per heavy atom. The fraction of sp³-hybridized carbons (Fsp3) is 0.571. The number of nitrogens with zero attached hydrogens (tertiary/aromatic N) is 2. The number of nitrogen functional groups attached to an aromatic ring is 1. The van der Waals surface area contributed by atoms with Gasteiger partial charge in [0.1, 0.15) is 5.69 Å². The Morgan fingerprint density at radius 1 is 1.16 bits per heavy atom. The molecule has 0 saturated heterocycles. The lowest BCUT2D eigenvalue weighted by Gasteiger charge is -2.49. The maximum absolute atomic E-state index is 13.9. The molecule has 2 N–H and O–H groups in total. The van der Waals surface area contributed by atoms with Gasteiger partial charge < -0.3 is 15.5 Å². The van der Waals surface area contributed by atoms with E-state index >= 15 is 0 Å². The molecule has 1 aromatic rings. The topological polar surface area (TPSA) is 32.5 Å². The number of anilines is 2. The first kappa shape index (κ1) is 14.1. The van der Waals surface area contributed by atoms with Crippen molar-refractivity contribution in [1.29, 1.82) is 0 Å². The van der Waals surface area contributed by atoms with Crippen molar-refractivity contribution in [2.45, 2.75) is 24.8 Å². The van der Waals surface area contributed by atoms with Crippen LogP contribution >= 0.6 is 0 Å². The van der Waals surface area contributed by atoms with E-state index in [0.29, 0.717) is 6.54 Å². The molecule has 1 fully saturated rings. The van der Waals surface area contributed by atoms with Gasteiger partial charge in [-0.25, -0.2) is 8.78 Å². The number of likely N-dealkylation sites (N-methyl/N-ethyl adjacent to an activating group) is 2. The van der Waals surface area contributed by atoms with Crippen molar-refractivity contribution in [2.75, 3.05) is 38.3 Å². The Morgan fingerprint density at radius 2 is 1.68 bits per heavy atom. The number of nitrogens with two attached hydrogens (primary N) is 1. The summed E-state index contributed by atoms with van der Waals surface area (Å²) in [4.78, 5) is 3.81. The molecule has 1 aromatic carbocycles. The second-order valence-corrected chi connectivity index (χ2v) is 5.66. The predicted octanol–water partition coefficient (Wildman–Crippen LogP) is 2.47. The Kier molecular flexibility index (Phi) is 3.67. The van der Waals surface area contributed by atoms with E-state index in [1.807, 2.05) is 14.1 Å². The average molecular weight is 269 g/mol. The standard InChI is InChI=1S/C14H21F2N3/c1-18(2)14(5-4-6-14)9-19(3)13-11(15)7-10(17)8-12(13)16/h7-8H,4-6,9,17H2,1-3H3. The van der Waals surface area contributed by atoms with Crippen molar-refractivity contribution >= 4 is 11.4 Å². The zero-order valence-electron chi connectivity index (χ0n) is 11.7. The van der Waals surface area contributed by atoms with Gasteiger partial charge in [-0.05, 0) is 45.5 Å². The first-order chi connectivity index (χ1) is 8.85. The third-order valence-electron chi connectivity index (χ3n) is 4.19. The van der Waals surface area contributed by atoms with Crippen molar-refractivity contribution in [3.63, 3.8) is 0 Å². The van der Waals surface area contributed by atoms with Gasteiger partial charge in [0, 0.05) is 24.8 Å². The monoisotopic (exact) mass is 269 g/mol. The maximum atomic E-state index is 13.9. The minimum Gasteiger partial charge on any atom is -0.399 e. The minimum absolute atomic E-state index is 0.00215. The third kappa shape index (κ3) is 2.52.